The van der Waals surface area contributed by atoms with Gasteiger partial charge >= 0.3 is 18.9 Å². The monoisotopic (exact) mass is 168 g/mol. The second kappa shape index (κ2) is 11.6. The van der Waals surface area contributed by atoms with Crippen LogP contribution in [0, 0.1) is 6.42 Å². The van der Waals surface area contributed by atoms with Gasteiger partial charge in [0.1, 0.15) is 0 Å². The van der Waals surface area contributed by atoms with Crippen LogP contribution < -0.4 is 18.9 Å². The van der Waals surface area contributed by atoms with E-state index in [1.807, 2.05) is 36.4 Å². The van der Waals surface area contributed by atoms with Crippen molar-refractivity contribution in [2.24, 2.45) is 0 Å². The van der Waals surface area contributed by atoms with E-state index in [4.69, 9.17) is 0 Å². The largest absolute Gasteiger partial charge is 1.00 e. The zero-order valence-electron chi connectivity index (χ0n) is 8.96. The number of hydrogen-bond donors (Lipinski definition) is 0. The average molecular weight is 168 g/mol. The first-order valence-corrected chi connectivity index (χ1v) is 4.30. The van der Waals surface area contributed by atoms with Gasteiger partial charge in [-0.05, 0) is 5.56 Å². The maximum absolute atomic E-state index is 3.63. The van der Waals surface area contributed by atoms with Gasteiger partial charge in [-0.15, -0.1) is 0 Å². The van der Waals surface area contributed by atoms with Crippen molar-refractivity contribution in [3.05, 3.63) is 48.9 Å². The predicted molar refractivity (Wildman–Crippen MR) is 56.8 cm³/mol. The van der Waals surface area contributed by atoms with E-state index in [0.717, 1.165) is 0 Å². The Hall–Kier alpha value is -0.443. The fourth-order valence-electron chi connectivity index (χ4n) is 0.589. The van der Waals surface area contributed by atoms with Crippen LogP contribution in [0.4, 0.5) is 0 Å². The maximum Gasteiger partial charge on any atom is 1.00 e. The Morgan fingerprint density at radius 2 is 1.77 bits per heavy atom. The molecular formula is C12H17Li. The summed E-state index contributed by atoms with van der Waals surface area (Å²) in [6, 6.07) is 10.0. The molecule has 0 radical (unpaired) electrons. The van der Waals surface area contributed by atoms with Crippen molar-refractivity contribution in [1.29, 1.82) is 0 Å². The van der Waals surface area contributed by atoms with E-state index in [1.165, 1.54) is 12.0 Å². The molecule has 0 heterocycles. The molecule has 0 aromatic heterocycles. The van der Waals surface area contributed by atoms with Crippen LogP contribution >= 0.6 is 0 Å². The quantitative estimate of drug-likeness (QED) is 0.455. The first kappa shape index (κ1) is 15.0. The second-order valence-corrected chi connectivity index (χ2v) is 2.43. The van der Waals surface area contributed by atoms with Crippen molar-refractivity contribution in [3.63, 3.8) is 0 Å². The van der Waals surface area contributed by atoms with Crippen LogP contribution in [0.3, 0.4) is 0 Å². The van der Waals surface area contributed by atoms with Crippen molar-refractivity contribution < 1.29 is 18.9 Å². The molecule has 0 aliphatic carbocycles. The Kier molecular flexibility index (Phi) is 13.4. The molecule has 1 heteroatoms. The molecule has 0 aliphatic heterocycles. The average Bonchev–Trinajstić information content (AvgIpc) is 2.19. The van der Waals surface area contributed by atoms with Crippen LogP contribution in [-0.4, -0.2) is 0 Å². The molecule has 0 N–H and O–H groups in total. The van der Waals surface area contributed by atoms with Gasteiger partial charge in [0.15, 0.2) is 0 Å². The van der Waals surface area contributed by atoms with Crippen LogP contribution in [0.1, 0.15) is 25.8 Å². The Labute approximate surface area is 94.2 Å². The third-order valence-electron chi connectivity index (χ3n) is 1.44. The minimum Gasteiger partial charge on any atom is -0.332 e. The zero-order chi connectivity index (χ0) is 9.23. The van der Waals surface area contributed by atoms with E-state index in [1.54, 1.807) is 0 Å². The molecule has 0 atom stereocenters. The number of rotatable bonds is 2. The van der Waals surface area contributed by atoms with Gasteiger partial charge in [-0.1, -0.05) is 49.9 Å². The molecule has 0 unspecified atom stereocenters. The Balaban J connectivity index is 0. The molecular weight excluding hydrogens is 151 g/mol. The second-order valence-electron chi connectivity index (χ2n) is 2.43. The summed E-state index contributed by atoms with van der Waals surface area (Å²) in [5, 5.41) is 0. The Morgan fingerprint density at radius 1 is 1.31 bits per heavy atom. The Bertz CT molecular complexity index is 190. The molecule has 0 nitrogen and oxygen atoms in total. The van der Waals surface area contributed by atoms with Crippen LogP contribution in [-0.2, 0) is 0 Å². The van der Waals surface area contributed by atoms with Crippen molar-refractivity contribution in [2.75, 3.05) is 0 Å². The molecule has 1 aromatic carbocycles. The molecule has 13 heavy (non-hydrogen) atoms. The summed E-state index contributed by atoms with van der Waals surface area (Å²) in [5.41, 5.74) is 1.17. The number of benzene rings is 1. The molecule has 1 rings (SSSR count). The summed E-state index contributed by atoms with van der Waals surface area (Å²) in [7, 11) is 0. The normalized spacial score (nSPS) is 7.54. The smallest absolute Gasteiger partial charge is 0.332 e. The van der Waals surface area contributed by atoms with Gasteiger partial charge in [-0.3, -0.25) is 0 Å². The summed E-state index contributed by atoms with van der Waals surface area (Å²) in [4.78, 5) is 0. The SMILES string of the molecule is C=Cc1ccccc1.C[CH-]CC.[Li+]. The first-order chi connectivity index (χ1) is 5.85. The van der Waals surface area contributed by atoms with Crippen molar-refractivity contribution in [3.8, 4) is 0 Å². The summed E-state index contributed by atoms with van der Waals surface area (Å²) >= 11 is 0. The Morgan fingerprint density at radius 3 is 2.00 bits per heavy atom. The van der Waals surface area contributed by atoms with E-state index in [9.17, 15) is 0 Å². The van der Waals surface area contributed by atoms with Gasteiger partial charge in [0, 0.05) is 0 Å². The van der Waals surface area contributed by atoms with Crippen molar-refractivity contribution in [2.45, 2.75) is 20.3 Å². The molecule has 0 amide bonds. The first-order valence-electron chi connectivity index (χ1n) is 4.30. The molecule has 0 saturated heterocycles. The van der Waals surface area contributed by atoms with Crippen LogP contribution in [0.2, 0.25) is 0 Å². The van der Waals surface area contributed by atoms with E-state index >= 15 is 0 Å². The molecule has 0 bridgehead atoms. The number of unbranched alkanes of at least 4 members (excludes halogenated alkanes) is 1. The summed E-state index contributed by atoms with van der Waals surface area (Å²) in [5.74, 6) is 0. The summed E-state index contributed by atoms with van der Waals surface area (Å²) in [6.45, 7) is 7.81. The van der Waals surface area contributed by atoms with Gasteiger partial charge < -0.3 is 6.42 Å². The van der Waals surface area contributed by atoms with E-state index in [2.05, 4.69) is 26.8 Å². The van der Waals surface area contributed by atoms with Gasteiger partial charge in [0.2, 0.25) is 0 Å². The predicted octanol–water partition coefficient (Wildman–Crippen LogP) is 0.954. The molecule has 0 aliphatic rings. The summed E-state index contributed by atoms with van der Waals surface area (Å²) in [6.07, 6.45) is 5.15. The van der Waals surface area contributed by atoms with Crippen molar-refractivity contribution in [1.82, 2.24) is 0 Å². The minimum atomic E-state index is 0. The fraction of sp³-hybridized carbons (Fsp3) is 0.250. The van der Waals surface area contributed by atoms with Gasteiger partial charge in [0.05, 0.1) is 0 Å². The molecule has 1 aromatic rings. The molecule has 66 valence electrons. The van der Waals surface area contributed by atoms with E-state index in [0.29, 0.717) is 0 Å². The number of hydrogen-bond acceptors (Lipinski definition) is 0. The van der Waals surface area contributed by atoms with Gasteiger partial charge in [-0.2, -0.15) is 13.3 Å². The van der Waals surface area contributed by atoms with Crippen LogP contribution in [0.5, 0.6) is 0 Å². The van der Waals surface area contributed by atoms with Crippen LogP contribution in [0.25, 0.3) is 6.08 Å². The van der Waals surface area contributed by atoms with Crippen molar-refractivity contribution >= 4 is 6.08 Å². The standard InChI is InChI=1S/C8H8.C4H9.Li/c1-2-8-6-4-3-5-7-8;1-3-4-2;/h2-7H,1H2;3H,4H2,1-2H3;/q;-1;+1. The minimum absolute atomic E-state index is 0. The zero-order valence-corrected chi connectivity index (χ0v) is 8.96. The molecule has 0 spiro atoms. The maximum atomic E-state index is 3.63. The van der Waals surface area contributed by atoms with Crippen LogP contribution in [0.15, 0.2) is 36.9 Å². The third kappa shape index (κ3) is 9.47. The fourth-order valence-corrected chi connectivity index (χ4v) is 0.589. The third-order valence-corrected chi connectivity index (χ3v) is 1.44. The topological polar surface area (TPSA) is 0 Å². The molecule has 0 saturated carbocycles. The van der Waals surface area contributed by atoms with E-state index < -0.39 is 0 Å². The van der Waals surface area contributed by atoms with Gasteiger partial charge in [0.25, 0.3) is 0 Å². The van der Waals surface area contributed by atoms with Gasteiger partial charge in [-0.25, -0.2) is 0 Å². The molecule has 0 fully saturated rings. The van der Waals surface area contributed by atoms with E-state index in [-0.39, 0.29) is 18.9 Å². The summed E-state index contributed by atoms with van der Waals surface area (Å²) < 4.78 is 0.